The Balaban J connectivity index is 2.04. The van der Waals surface area contributed by atoms with E-state index in [9.17, 15) is 14.7 Å². The summed E-state index contributed by atoms with van der Waals surface area (Å²) in [5.41, 5.74) is 1.47. The molecule has 0 fully saturated rings. The SMILES string of the molecule is CCN(CC)CCN1C(=O)C(O)=C(C(=O)c2sc(C)nc2C)[C@H]1c1ccc(OC)cc1. The van der Waals surface area contributed by atoms with Crippen LogP contribution in [0.4, 0.5) is 0 Å². The second kappa shape index (κ2) is 9.62. The maximum atomic E-state index is 13.5. The molecule has 0 saturated heterocycles. The molecule has 1 aliphatic rings. The number of aryl methyl sites for hydroxylation is 2. The van der Waals surface area contributed by atoms with Crippen LogP contribution in [0.25, 0.3) is 0 Å². The predicted molar refractivity (Wildman–Crippen MR) is 121 cm³/mol. The van der Waals surface area contributed by atoms with Gasteiger partial charge in [-0.15, -0.1) is 11.3 Å². The van der Waals surface area contributed by atoms with Gasteiger partial charge >= 0.3 is 0 Å². The molecule has 2 heterocycles. The molecular weight excluding hydrogens is 414 g/mol. The normalized spacial score (nSPS) is 16.5. The minimum Gasteiger partial charge on any atom is -0.503 e. The highest BCUT2D eigenvalue weighted by molar-refractivity contribution is 7.14. The van der Waals surface area contributed by atoms with Crippen LogP contribution in [0.1, 0.15) is 45.8 Å². The van der Waals surface area contributed by atoms with Crippen molar-refractivity contribution in [2.45, 2.75) is 33.7 Å². The Bertz CT molecular complexity index is 993. The van der Waals surface area contributed by atoms with Gasteiger partial charge in [0.25, 0.3) is 5.91 Å². The molecular formula is C23H29N3O4S. The minimum atomic E-state index is -0.664. The number of carbonyl (C=O) groups is 2. The molecule has 0 unspecified atom stereocenters. The van der Waals surface area contributed by atoms with E-state index in [2.05, 4.69) is 23.7 Å². The second-order valence-electron chi connectivity index (χ2n) is 7.44. The number of carbonyl (C=O) groups excluding carboxylic acids is 2. The molecule has 0 bridgehead atoms. The average Bonchev–Trinajstić information content (AvgIpc) is 3.24. The lowest BCUT2D eigenvalue weighted by molar-refractivity contribution is -0.129. The maximum Gasteiger partial charge on any atom is 0.290 e. The van der Waals surface area contributed by atoms with Crippen molar-refractivity contribution in [2.75, 3.05) is 33.3 Å². The molecule has 0 radical (unpaired) electrons. The zero-order valence-electron chi connectivity index (χ0n) is 18.6. The Labute approximate surface area is 187 Å². The van der Waals surface area contributed by atoms with E-state index in [-0.39, 0.29) is 11.4 Å². The number of thiazole rings is 1. The highest BCUT2D eigenvalue weighted by Gasteiger charge is 2.44. The number of hydrogen-bond donors (Lipinski definition) is 1. The van der Waals surface area contributed by atoms with Gasteiger partial charge in [0.1, 0.15) is 5.75 Å². The Morgan fingerprint density at radius 2 is 1.87 bits per heavy atom. The lowest BCUT2D eigenvalue weighted by atomic mass is 9.95. The molecule has 1 aromatic heterocycles. The van der Waals surface area contributed by atoms with Crippen molar-refractivity contribution in [1.82, 2.24) is 14.8 Å². The van der Waals surface area contributed by atoms with Gasteiger partial charge in [-0.1, -0.05) is 26.0 Å². The van der Waals surface area contributed by atoms with Gasteiger partial charge in [-0.25, -0.2) is 4.98 Å². The number of methoxy groups -OCH3 is 1. The van der Waals surface area contributed by atoms with E-state index in [4.69, 9.17) is 4.74 Å². The maximum absolute atomic E-state index is 13.5. The van der Waals surface area contributed by atoms with Gasteiger partial charge in [0.05, 0.1) is 34.3 Å². The largest absolute Gasteiger partial charge is 0.503 e. The van der Waals surface area contributed by atoms with Crippen LogP contribution >= 0.6 is 11.3 Å². The molecule has 1 aromatic carbocycles. The predicted octanol–water partition coefficient (Wildman–Crippen LogP) is 3.69. The lowest BCUT2D eigenvalue weighted by Gasteiger charge is -2.29. The first-order chi connectivity index (χ1) is 14.8. The zero-order chi connectivity index (χ0) is 22.7. The summed E-state index contributed by atoms with van der Waals surface area (Å²) in [7, 11) is 1.58. The Morgan fingerprint density at radius 3 is 2.39 bits per heavy atom. The fraction of sp³-hybridized carbons (Fsp3) is 0.435. The van der Waals surface area contributed by atoms with Crippen LogP contribution in [0.2, 0.25) is 0 Å². The highest BCUT2D eigenvalue weighted by Crippen LogP contribution is 2.40. The number of aliphatic hydroxyl groups is 1. The summed E-state index contributed by atoms with van der Waals surface area (Å²) < 4.78 is 5.25. The zero-order valence-corrected chi connectivity index (χ0v) is 19.5. The van der Waals surface area contributed by atoms with Crippen LogP contribution in [0.3, 0.4) is 0 Å². The number of Topliss-reactive ketones (excluding diaryl/α,β-unsaturated/α-hetero) is 1. The topological polar surface area (TPSA) is 83.0 Å². The second-order valence-corrected chi connectivity index (χ2v) is 8.64. The number of amides is 1. The summed E-state index contributed by atoms with van der Waals surface area (Å²) >= 11 is 1.28. The molecule has 8 heteroatoms. The number of hydrogen-bond acceptors (Lipinski definition) is 7. The molecule has 31 heavy (non-hydrogen) atoms. The summed E-state index contributed by atoms with van der Waals surface area (Å²) in [5.74, 6) is -0.663. The summed E-state index contributed by atoms with van der Waals surface area (Å²) in [4.78, 5) is 35.1. The third-order valence-corrected chi connectivity index (χ3v) is 6.71. The van der Waals surface area contributed by atoms with E-state index in [1.807, 2.05) is 19.1 Å². The molecule has 1 N–H and O–H groups in total. The number of rotatable bonds is 9. The highest BCUT2D eigenvalue weighted by atomic mass is 32.1. The van der Waals surface area contributed by atoms with Crippen LogP contribution in [-0.2, 0) is 4.79 Å². The first-order valence-electron chi connectivity index (χ1n) is 10.4. The van der Waals surface area contributed by atoms with Crippen molar-refractivity contribution < 1.29 is 19.4 Å². The summed E-state index contributed by atoms with van der Waals surface area (Å²) in [6.45, 7) is 10.5. The fourth-order valence-corrected chi connectivity index (χ4v) is 4.78. The molecule has 0 aliphatic carbocycles. The molecule has 0 saturated carbocycles. The first kappa shape index (κ1) is 23.0. The standard InChI is InChI=1S/C23H29N3O4S/c1-6-25(7-2)12-13-26-19(16-8-10-17(30-5)11-9-16)18(21(28)23(26)29)20(27)22-14(3)24-15(4)31-22/h8-11,19,28H,6-7,12-13H2,1-5H3/t19-/m1/s1. The van der Waals surface area contributed by atoms with Crippen LogP contribution in [0, 0.1) is 13.8 Å². The average molecular weight is 444 g/mol. The Kier molecular flexibility index (Phi) is 7.12. The number of likely N-dealkylation sites (N-methyl/N-ethyl adjacent to an activating group) is 1. The number of nitrogens with zero attached hydrogens (tertiary/aromatic N) is 3. The molecule has 0 spiro atoms. The van der Waals surface area contributed by atoms with Crippen molar-refractivity contribution in [3.05, 3.63) is 56.7 Å². The van der Waals surface area contributed by atoms with Gasteiger partial charge in [0.2, 0.25) is 5.78 Å². The van der Waals surface area contributed by atoms with Crippen molar-refractivity contribution in [1.29, 1.82) is 0 Å². The molecule has 166 valence electrons. The van der Waals surface area contributed by atoms with E-state index in [1.54, 1.807) is 31.1 Å². The van der Waals surface area contributed by atoms with Crippen LogP contribution < -0.4 is 4.74 Å². The molecule has 1 atom stereocenters. The number of benzene rings is 1. The van der Waals surface area contributed by atoms with Crippen molar-refractivity contribution in [3.63, 3.8) is 0 Å². The third kappa shape index (κ3) is 4.50. The number of aromatic nitrogens is 1. The van der Waals surface area contributed by atoms with E-state index >= 15 is 0 Å². The van der Waals surface area contributed by atoms with Gasteiger partial charge in [-0.05, 0) is 44.6 Å². The van der Waals surface area contributed by atoms with Crippen LogP contribution in [0.15, 0.2) is 35.6 Å². The van der Waals surface area contributed by atoms with Gasteiger partial charge in [-0.3, -0.25) is 9.59 Å². The quantitative estimate of drug-likeness (QED) is 0.595. The monoisotopic (exact) mass is 443 g/mol. The third-order valence-electron chi connectivity index (χ3n) is 5.64. The van der Waals surface area contributed by atoms with Gasteiger partial charge in [0, 0.05) is 13.1 Å². The van der Waals surface area contributed by atoms with E-state index in [0.717, 1.165) is 23.7 Å². The van der Waals surface area contributed by atoms with Gasteiger partial charge in [-0.2, -0.15) is 0 Å². The molecule has 1 amide bonds. The summed E-state index contributed by atoms with van der Waals surface area (Å²) in [6, 6.07) is 6.59. The van der Waals surface area contributed by atoms with Gasteiger partial charge < -0.3 is 19.6 Å². The number of aliphatic hydroxyl groups excluding tert-OH is 1. The Hall–Kier alpha value is -2.71. The first-order valence-corrected chi connectivity index (χ1v) is 11.2. The molecule has 3 rings (SSSR count). The van der Waals surface area contributed by atoms with Crippen molar-refractivity contribution >= 4 is 23.0 Å². The van der Waals surface area contributed by atoms with Gasteiger partial charge in [0.15, 0.2) is 5.76 Å². The molecule has 2 aromatic rings. The fourth-order valence-electron chi connectivity index (χ4n) is 3.90. The van der Waals surface area contributed by atoms with Crippen LogP contribution in [0.5, 0.6) is 5.75 Å². The van der Waals surface area contributed by atoms with Crippen LogP contribution in [-0.4, -0.2) is 64.9 Å². The van der Waals surface area contributed by atoms with E-state index in [0.29, 0.717) is 29.4 Å². The smallest absolute Gasteiger partial charge is 0.290 e. The molecule has 7 nitrogen and oxygen atoms in total. The number of ether oxygens (including phenoxy) is 1. The minimum absolute atomic E-state index is 0.112. The summed E-state index contributed by atoms with van der Waals surface area (Å²) in [5, 5.41) is 11.6. The number of ketones is 1. The Morgan fingerprint density at radius 1 is 1.23 bits per heavy atom. The van der Waals surface area contributed by atoms with Crippen molar-refractivity contribution in [3.8, 4) is 5.75 Å². The van der Waals surface area contributed by atoms with E-state index in [1.165, 1.54) is 11.3 Å². The molecule has 1 aliphatic heterocycles. The summed E-state index contributed by atoms with van der Waals surface area (Å²) in [6.07, 6.45) is 0. The van der Waals surface area contributed by atoms with Crippen molar-refractivity contribution in [2.24, 2.45) is 0 Å². The van der Waals surface area contributed by atoms with E-state index < -0.39 is 17.7 Å². The lowest BCUT2D eigenvalue weighted by Crippen LogP contribution is -2.38.